The Bertz CT molecular complexity index is 612. The van der Waals surface area contributed by atoms with E-state index in [9.17, 15) is 0 Å². The van der Waals surface area contributed by atoms with Gasteiger partial charge in [0.25, 0.3) is 0 Å². The fourth-order valence-corrected chi connectivity index (χ4v) is 9.28. The lowest BCUT2D eigenvalue weighted by Gasteiger charge is -2.61. The first-order chi connectivity index (χ1) is 16.4. The average Bonchev–Trinajstić information content (AvgIpc) is 2.85. The summed E-state index contributed by atoms with van der Waals surface area (Å²) in [6, 6.07) is 0. The first kappa shape index (κ1) is 29.4. The molecule has 0 spiro atoms. The van der Waals surface area contributed by atoms with E-state index in [2.05, 4.69) is 51.9 Å². The first-order valence-electron chi connectivity index (χ1n) is 15.0. The van der Waals surface area contributed by atoms with Crippen molar-refractivity contribution in [2.24, 2.45) is 57.9 Å². The van der Waals surface area contributed by atoms with E-state index in [4.69, 9.17) is 5.41 Å². The van der Waals surface area contributed by atoms with Gasteiger partial charge in [-0.3, -0.25) is 0 Å². The second kappa shape index (κ2) is 14.0. The van der Waals surface area contributed by atoms with Gasteiger partial charge >= 0.3 is 0 Å². The molecule has 0 heterocycles. The second-order valence-electron chi connectivity index (χ2n) is 12.4. The fraction of sp³-hybridized carbons (Fsp3) is 0.935. The molecule has 3 nitrogen and oxygen atoms in total. The molecule has 0 saturated heterocycles. The van der Waals surface area contributed by atoms with E-state index >= 15 is 0 Å². The minimum atomic E-state index is 0.581. The molecule has 34 heavy (non-hydrogen) atoms. The molecule has 4 fully saturated rings. The molecule has 9 unspecified atom stereocenters. The van der Waals surface area contributed by atoms with Crippen molar-refractivity contribution < 1.29 is 0 Å². The van der Waals surface area contributed by atoms with Crippen molar-refractivity contribution in [3.05, 3.63) is 0 Å². The summed E-state index contributed by atoms with van der Waals surface area (Å²) >= 11 is 0. The van der Waals surface area contributed by atoms with Crippen LogP contribution in [-0.2, 0) is 0 Å². The molecule has 0 bridgehead atoms. The van der Waals surface area contributed by atoms with Gasteiger partial charge in [0, 0.05) is 12.3 Å². The maximum atomic E-state index is 5.50. The van der Waals surface area contributed by atoms with E-state index in [-0.39, 0.29) is 0 Å². The molecule has 0 amide bonds. The third-order valence-corrected chi connectivity index (χ3v) is 10.5. The van der Waals surface area contributed by atoms with Gasteiger partial charge < -0.3 is 10.8 Å². The summed E-state index contributed by atoms with van der Waals surface area (Å²) in [5.74, 6) is 7.97. The molecular weight excluding hydrogens is 414 g/mol. The van der Waals surface area contributed by atoms with E-state index in [0.717, 1.165) is 59.6 Å². The Balaban J connectivity index is 0.000000970. The van der Waals surface area contributed by atoms with E-state index < -0.39 is 0 Å². The summed E-state index contributed by atoms with van der Waals surface area (Å²) in [6.45, 7) is 19.3. The Kier molecular flexibility index (Phi) is 12.1. The van der Waals surface area contributed by atoms with Crippen LogP contribution < -0.4 is 5.43 Å². The van der Waals surface area contributed by atoms with Gasteiger partial charge in [-0.05, 0) is 125 Å². The number of hydrogen-bond donors (Lipinski definition) is 2. The lowest BCUT2D eigenvalue weighted by Crippen LogP contribution is -2.54. The Morgan fingerprint density at radius 3 is 2.38 bits per heavy atom. The van der Waals surface area contributed by atoms with Crippen LogP contribution >= 0.6 is 0 Å². The van der Waals surface area contributed by atoms with Crippen LogP contribution in [0.25, 0.3) is 0 Å². The monoisotopic (exact) mass is 473 g/mol. The Hall–Kier alpha value is -0.860. The van der Waals surface area contributed by atoms with E-state index in [0.29, 0.717) is 5.41 Å². The number of nitrogens with zero attached hydrogens (tertiary/aromatic N) is 1. The van der Waals surface area contributed by atoms with Gasteiger partial charge in [0.1, 0.15) is 0 Å². The standard InChI is InChI=1S/C28H50N2.C2H6.CH3N/c1-6-8-21-11-13-23-22(17-21)12-14-25-24(23)15-16-28(5)26(9-7-10-27(25)28)20(4)18-29-30-19(2)3;2*1-2/h20-27,29H,6-18H2,1-5H3;1-2H3;2H,1H2. The third kappa shape index (κ3) is 6.47. The summed E-state index contributed by atoms with van der Waals surface area (Å²) in [6.07, 6.45) is 18.2. The van der Waals surface area contributed by atoms with E-state index in [1.165, 1.54) is 38.5 Å². The van der Waals surface area contributed by atoms with Gasteiger partial charge in [-0.1, -0.05) is 60.3 Å². The van der Waals surface area contributed by atoms with Crippen molar-refractivity contribution in [3.63, 3.8) is 0 Å². The molecule has 4 aliphatic rings. The van der Waals surface area contributed by atoms with Gasteiger partial charge in [-0.25, -0.2) is 0 Å². The van der Waals surface area contributed by atoms with Crippen molar-refractivity contribution in [1.29, 1.82) is 5.41 Å². The van der Waals surface area contributed by atoms with Crippen molar-refractivity contribution in [3.8, 4) is 0 Å². The summed E-state index contributed by atoms with van der Waals surface area (Å²) in [7, 11) is 0. The number of fused-ring (bicyclic) bond motifs is 5. The van der Waals surface area contributed by atoms with Gasteiger partial charge in [0.2, 0.25) is 0 Å². The predicted molar refractivity (Wildman–Crippen MR) is 151 cm³/mol. The first-order valence-corrected chi connectivity index (χ1v) is 15.0. The van der Waals surface area contributed by atoms with Crippen LogP contribution in [0.4, 0.5) is 0 Å². The molecule has 4 saturated carbocycles. The number of rotatable bonds is 6. The highest BCUT2D eigenvalue weighted by molar-refractivity contribution is 5.78. The van der Waals surface area contributed by atoms with Crippen LogP contribution in [0.3, 0.4) is 0 Å². The minimum Gasteiger partial charge on any atom is -0.317 e. The van der Waals surface area contributed by atoms with Crippen LogP contribution in [0, 0.1) is 58.2 Å². The molecule has 0 radical (unpaired) electrons. The minimum absolute atomic E-state index is 0.581. The van der Waals surface area contributed by atoms with Crippen LogP contribution in [-0.4, -0.2) is 19.0 Å². The second-order valence-corrected chi connectivity index (χ2v) is 12.4. The van der Waals surface area contributed by atoms with E-state index in [1.807, 2.05) is 13.8 Å². The predicted octanol–water partition coefficient (Wildman–Crippen LogP) is 8.98. The topological polar surface area (TPSA) is 48.2 Å². The lowest BCUT2D eigenvalue weighted by molar-refractivity contribution is -0.120. The molecule has 198 valence electrons. The Morgan fingerprint density at radius 1 is 1.00 bits per heavy atom. The number of nitrogens with one attached hydrogen (secondary N) is 2. The summed E-state index contributed by atoms with van der Waals surface area (Å²) in [5, 5.41) is 9.98. The molecule has 4 rings (SSSR count). The number of hydrogen-bond acceptors (Lipinski definition) is 3. The van der Waals surface area contributed by atoms with Gasteiger partial charge in [-0.15, -0.1) is 0 Å². The van der Waals surface area contributed by atoms with Crippen LogP contribution in [0.2, 0.25) is 0 Å². The SMILES string of the molecule is C=N.CC.CCCC1CCC2C(CCC3C2CCC2(C)C(C(C)CNN=C(C)C)CCCC32)C1. The number of hydrazone groups is 1. The molecule has 4 aliphatic carbocycles. The maximum Gasteiger partial charge on any atom is 0.0358 e. The highest BCUT2D eigenvalue weighted by atomic mass is 15.3. The highest BCUT2D eigenvalue weighted by Crippen LogP contribution is 2.64. The molecule has 3 heteroatoms. The van der Waals surface area contributed by atoms with Crippen LogP contribution in [0.1, 0.15) is 126 Å². The largest absolute Gasteiger partial charge is 0.317 e. The normalized spacial score (nSPS) is 39.3. The van der Waals surface area contributed by atoms with Gasteiger partial charge in [0.15, 0.2) is 0 Å². The quantitative estimate of drug-likeness (QED) is 0.293. The van der Waals surface area contributed by atoms with Gasteiger partial charge in [-0.2, -0.15) is 5.10 Å². The maximum absolute atomic E-state index is 5.50. The zero-order valence-corrected chi connectivity index (χ0v) is 24.0. The molecule has 0 aromatic rings. The van der Waals surface area contributed by atoms with Crippen molar-refractivity contribution in [2.45, 2.75) is 126 Å². The summed E-state index contributed by atoms with van der Waals surface area (Å²) < 4.78 is 0. The zero-order chi connectivity index (χ0) is 25.3. The van der Waals surface area contributed by atoms with Crippen molar-refractivity contribution in [2.75, 3.05) is 6.54 Å². The Morgan fingerprint density at radius 2 is 1.71 bits per heavy atom. The summed E-state index contributed by atoms with van der Waals surface area (Å²) in [5.41, 5.74) is 5.11. The molecular formula is C31H59N3. The molecule has 0 aromatic carbocycles. The van der Waals surface area contributed by atoms with Crippen LogP contribution in [0.15, 0.2) is 5.10 Å². The smallest absolute Gasteiger partial charge is 0.0358 e. The molecule has 0 aliphatic heterocycles. The molecule has 0 aromatic heterocycles. The molecule has 9 atom stereocenters. The zero-order valence-electron chi connectivity index (χ0n) is 24.0. The summed E-state index contributed by atoms with van der Waals surface area (Å²) in [4.78, 5) is 0. The molecule has 2 N–H and O–H groups in total. The van der Waals surface area contributed by atoms with Crippen molar-refractivity contribution in [1.82, 2.24) is 5.43 Å². The average molecular weight is 474 g/mol. The van der Waals surface area contributed by atoms with Crippen LogP contribution in [0.5, 0.6) is 0 Å². The lowest BCUT2D eigenvalue weighted by atomic mass is 9.44. The third-order valence-electron chi connectivity index (χ3n) is 10.5. The Labute approximate surface area is 213 Å². The van der Waals surface area contributed by atoms with Gasteiger partial charge in [0.05, 0.1) is 0 Å². The van der Waals surface area contributed by atoms with E-state index in [1.54, 1.807) is 38.5 Å². The highest BCUT2D eigenvalue weighted by Gasteiger charge is 2.55. The fourth-order valence-electron chi connectivity index (χ4n) is 9.28. The van der Waals surface area contributed by atoms with Crippen molar-refractivity contribution >= 4 is 12.4 Å².